The fraction of sp³-hybridized carbons (Fsp3) is 0.381. The van der Waals surface area contributed by atoms with Gasteiger partial charge in [-0.3, -0.25) is 14.6 Å². The average molecular weight is 384 g/mol. The van der Waals surface area contributed by atoms with Gasteiger partial charge in [0, 0.05) is 48.6 Å². The number of carbonyl (C=O) groups excluding carboxylic acids is 2. The zero-order chi connectivity index (χ0) is 20.4. The first-order valence-electron chi connectivity index (χ1n) is 9.38. The van der Waals surface area contributed by atoms with Gasteiger partial charge in [-0.2, -0.15) is 0 Å². The monoisotopic (exact) mass is 384 g/mol. The number of carbonyl (C=O) groups is 2. The summed E-state index contributed by atoms with van der Waals surface area (Å²) in [5.74, 6) is -0.990. The molecule has 1 saturated carbocycles. The van der Waals surface area contributed by atoms with Crippen molar-refractivity contribution >= 4 is 11.8 Å². The Balaban J connectivity index is 1.94. The molecule has 1 fully saturated rings. The number of hydrogen-bond acceptors (Lipinski definition) is 4. The lowest BCUT2D eigenvalue weighted by Crippen LogP contribution is -2.33. The number of nitrogens with zero attached hydrogens (tertiary/aromatic N) is 2. The molecule has 1 aromatic carbocycles. The fourth-order valence-electron chi connectivity index (χ4n) is 2.82. The van der Waals surface area contributed by atoms with Crippen LogP contribution in [0.4, 0.5) is 4.39 Å². The second kappa shape index (κ2) is 8.06. The van der Waals surface area contributed by atoms with Crippen LogP contribution in [0.25, 0.3) is 11.3 Å². The van der Waals surface area contributed by atoms with E-state index in [2.05, 4.69) is 10.3 Å². The molecule has 7 heteroatoms. The minimum atomic E-state index is -0.539. The highest BCUT2D eigenvalue weighted by molar-refractivity contribution is 5.96. The molecule has 3 rings (SSSR count). The minimum Gasteiger partial charge on any atom is -0.349 e. The van der Waals surface area contributed by atoms with Crippen LogP contribution in [-0.2, 0) is 6.54 Å². The lowest BCUT2D eigenvalue weighted by Gasteiger charge is -2.21. The van der Waals surface area contributed by atoms with Crippen molar-refractivity contribution in [2.75, 3.05) is 7.05 Å². The molecule has 148 valence electrons. The SMILES string of the molecule is CC(C)N(C)C(=O)c1ccc(-c2cc(C(=O)NC3CC3)cc(F)c2CN)nc1. The Hall–Kier alpha value is -2.80. The fourth-order valence-corrected chi connectivity index (χ4v) is 2.82. The van der Waals surface area contributed by atoms with Gasteiger partial charge in [-0.1, -0.05) is 0 Å². The van der Waals surface area contributed by atoms with Gasteiger partial charge in [-0.25, -0.2) is 4.39 Å². The number of benzene rings is 1. The van der Waals surface area contributed by atoms with E-state index in [1.807, 2.05) is 13.8 Å². The van der Waals surface area contributed by atoms with Crippen LogP contribution in [0.1, 0.15) is 53.0 Å². The summed E-state index contributed by atoms with van der Waals surface area (Å²) in [5, 5.41) is 2.85. The summed E-state index contributed by atoms with van der Waals surface area (Å²) >= 11 is 0. The van der Waals surface area contributed by atoms with Crippen molar-refractivity contribution in [3.63, 3.8) is 0 Å². The molecule has 0 radical (unpaired) electrons. The Morgan fingerprint density at radius 3 is 2.54 bits per heavy atom. The van der Waals surface area contributed by atoms with Gasteiger partial charge in [0.25, 0.3) is 11.8 Å². The number of amides is 2. The van der Waals surface area contributed by atoms with Crippen molar-refractivity contribution in [2.24, 2.45) is 5.73 Å². The zero-order valence-corrected chi connectivity index (χ0v) is 16.3. The molecular formula is C21H25FN4O2. The highest BCUT2D eigenvalue weighted by Gasteiger charge is 2.25. The number of halogens is 1. The highest BCUT2D eigenvalue weighted by Crippen LogP contribution is 2.27. The maximum Gasteiger partial charge on any atom is 0.255 e. The number of pyridine rings is 1. The predicted octanol–water partition coefficient (Wildman–Crippen LogP) is 2.72. The molecule has 0 unspecified atom stereocenters. The predicted molar refractivity (Wildman–Crippen MR) is 105 cm³/mol. The Bertz CT molecular complexity index is 892. The smallest absolute Gasteiger partial charge is 0.255 e. The Kier molecular flexibility index (Phi) is 5.74. The van der Waals surface area contributed by atoms with Gasteiger partial charge in [0.1, 0.15) is 5.82 Å². The van der Waals surface area contributed by atoms with Crippen LogP contribution in [0.3, 0.4) is 0 Å². The normalized spacial score (nSPS) is 13.5. The molecule has 0 aliphatic heterocycles. The summed E-state index contributed by atoms with van der Waals surface area (Å²) in [6.45, 7) is 3.83. The number of hydrogen-bond donors (Lipinski definition) is 2. The Labute approximate surface area is 163 Å². The third-order valence-corrected chi connectivity index (χ3v) is 4.96. The molecule has 1 aliphatic carbocycles. The van der Waals surface area contributed by atoms with Crippen molar-refractivity contribution < 1.29 is 14.0 Å². The topological polar surface area (TPSA) is 88.3 Å². The molecule has 1 aromatic heterocycles. The van der Waals surface area contributed by atoms with Crippen LogP contribution in [0.2, 0.25) is 0 Å². The summed E-state index contributed by atoms with van der Waals surface area (Å²) < 4.78 is 14.6. The van der Waals surface area contributed by atoms with E-state index >= 15 is 0 Å². The van der Waals surface area contributed by atoms with Gasteiger partial charge in [0.15, 0.2) is 0 Å². The molecule has 3 N–H and O–H groups in total. The van der Waals surface area contributed by atoms with E-state index < -0.39 is 5.82 Å². The minimum absolute atomic E-state index is 0.0237. The third kappa shape index (κ3) is 4.20. The van der Waals surface area contributed by atoms with Crippen LogP contribution in [0, 0.1) is 5.82 Å². The van der Waals surface area contributed by atoms with Gasteiger partial charge in [0.05, 0.1) is 11.3 Å². The number of aromatic nitrogens is 1. The molecule has 2 aromatic rings. The van der Waals surface area contributed by atoms with Crippen LogP contribution in [0.5, 0.6) is 0 Å². The summed E-state index contributed by atoms with van der Waals surface area (Å²) in [4.78, 5) is 30.7. The second-order valence-electron chi connectivity index (χ2n) is 7.38. The third-order valence-electron chi connectivity index (χ3n) is 4.96. The van der Waals surface area contributed by atoms with E-state index in [1.165, 1.54) is 12.3 Å². The van der Waals surface area contributed by atoms with Crippen molar-refractivity contribution in [1.29, 1.82) is 0 Å². The standard InChI is InChI=1S/C21H25FN4O2/c1-12(2)26(3)21(28)13-4-7-19(24-11-13)16-8-14(9-18(22)17(16)10-23)20(27)25-15-5-6-15/h4,7-9,11-12,15H,5-6,10,23H2,1-3H3,(H,25,27). The van der Waals surface area contributed by atoms with Gasteiger partial charge in [-0.15, -0.1) is 0 Å². The molecule has 1 aliphatic rings. The number of nitrogens with one attached hydrogen (secondary N) is 1. The average Bonchev–Trinajstić information content (AvgIpc) is 3.50. The summed E-state index contributed by atoms with van der Waals surface area (Å²) in [6, 6.07) is 6.35. The Morgan fingerprint density at radius 2 is 2.00 bits per heavy atom. The van der Waals surface area contributed by atoms with E-state index in [4.69, 9.17) is 5.73 Å². The van der Waals surface area contributed by atoms with E-state index in [9.17, 15) is 14.0 Å². The second-order valence-corrected chi connectivity index (χ2v) is 7.38. The summed E-state index contributed by atoms with van der Waals surface area (Å²) in [6.07, 6.45) is 3.36. The largest absolute Gasteiger partial charge is 0.349 e. The first-order chi connectivity index (χ1) is 13.3. The maximum absolute atomic E-state index is 14.6. The van der Waals surface area contributed by atoms with E-state index in [0.29, 0.717) is 16.8 Å². The van der Waals surface area contributed by atoms with Gasteiger partial charge < -0.3 is 16.0 Å². The lowest BCUT2D eigenvalue weighted by atomic mass is 9.99. The molecule has 0 atom stereocenters. The molecule has 1 heterocycles. The maximum atomic E-state index is 14.6. The molecular weight excluding hydrogens is 359 g/mol. The number of nitrogens with two attached hydrogens (primary N) is 1. The van der Waals surface area contributed by atoms with Gasteiger partial charge >= 0.3 is 0 Å². The highest BCUT2D eigenvalue weighted by atomic mass is 19.1. The zero-order valence-electron chi connectivity index (χ0n) is 16.3. The first kappa shape index (κ1) is 19.9. The van der Waals surface area contributed by atoms with Crippen molar-refractivity contribution in [3.8, 4) is 11.3 Å². The Morgan fingerprint density at radius 1 is 1.29 bits per heavy atom. The van der Waals surface area contributed by atoms with Crippen LogP contribution in [-0.4, -0.2) is 40.8 Å². The molecule has 0 bridgehead atoms. The summed E-state index contributed by atoms with van der Waals surface area (Å²) in [7, 11) is 1.73. The van der Waals surface area contributed by atoms with E-state index in [-0.39, 0.29) is 41.6 Å². The molecule has 2 amide bonds. The van der Waals surface area contributed by atoms with E-state index in [1.54, 1.807) is 30.1 Å². The van der Waals surface area contributed by atoms with Gasteiger partial charge in [0.2, 0.25) is 0 Å². The van der Waals surface area contributed by atoms with Crippen molar-refractivity contribution in [2.45, 2.75) is 45.3 Å². The summed E-state index contributed by atoms with van der Waals surface area (Å²) in [5.41, 5.74) is 7.61. The number of rotatable bonds is 6. The lowest BCUT2D eigenvalue weighted by molar-refractivity contribution is 0.0754. The van der Waals surface area contributed by atoms with Crippen LogP contribution < -0.4 is 11.1 Å². The quantitative estimate of drug-likeness (QED) is 0.802. The van der Waals surface area contributed by atoms with Crippen molar-refractivity contribution in [1.82, 2.24) is 15.2 Å². The molecule has 6 nitrogen and oxygen atoms in total. The molecule has 28 heavy (non-hydrogen) atoms. The van der Waals surface area contributed by atoms with Crippen LogP contribution >= 0.6 is 0 Å². The first-order valence-corrected chi connectivity index (χ1v) is 9.38. The van der Waals surface area contributed by atoms with Crippen molar-refractivity contribution in [3.05, 3.63) is 53.0 Å². The molecule has 0 saturated heterocycles. The van der Waals surface area contributed by atoms with Crippen LogP contribution in [0.15, 0.2) is 30.5 Å². The van der Waals surface area contributed by atoms with Gasteiger partial charge in [-0.05, 0) is 51.0 Å². The van der Waals surface area contributed by atoms with E-state index in [0.717, 1.165) is 12.8 Å². The molecule has 0 spiro atoms.